The van der Waals surface area contributed by atoms with Crippen molar-refractivity contribution in [2.45, 2.75) is 6.92 Å². The number of halogens is 2. The lowest BCUT2D eigenvalue weighted by molar-refractivity contribution is 0.110. The minimum atomic E-state index is 0. The van der Waals surface area contributed by atoms with Crippen molar-refractivity contribution in [3.8, 4) is 16.9 Å². The Morgan fingerprint density at radius 2 is 1.86 bits per heavy atom. The Kier molecular flexibility index (Phi) is 7.37. The van der Waals surface area contributed by atoms with Crippen molar-refractivity contribution >= 4 is 40.6 Å². The summed E-state index contributed by atoms with van der Waals surface area (Å²) in [5, 5.41) is 6.38. The van der Waals surface area contributed by atoms with E-state index < -0.39 is 0 Å². The zero-order valence-corrected chi connectivity index (χ0v) is 17.9. The van der Waals surface area contributed by atoms with Crippen molar-refractivity contribution in [1.29, 1.82) is 0 Å². The minimum Gasteiger partial charge on any atom is -0.490 e. The molecule has 0 saturated carbocycles. The molecule has 152 valence electrons. The van der Waals surface area contributed by atoms with E-state index in [1.165, 1.54) is 0 Å². The molecule has 0 saturated heterocycles. The highest BCUT2D eigenvalue weighted by atomic mass is 35.5. The molecular weight excluding hydrogens is 407 g/mol. The van der Waals surface area contributed by atoms with Gasteiger partial charge in [-0.2, -0.15) is 0 Å². The topological polar surface area (TPSA) is 42.9 Å². The molecule has 1 aliphatic rings. The van der Waals surface area contributed by atoms with Crippen LogP contribution in [0.25, 0.3) is 21.9 Å². The van der Waals surface area contributed by atoms with Gasteiger partial charge >= 0.3 is 0 Å². The van der Waals surface area contributed by atoms with Crippen LogP contribution in [0.15, 0.2) is 59.6 Å². The van der Waals surface area contributed by atoms with Gasteiger partial charge in [0.2, 0.25) is 0 Å². The first kappa shape index (κ1) is 21.4. The van der Waals surface area contributed by atoms with Gasteiger partial charge in [-0.1, -0.05) is 48.0 Å². The van der Waals surface area contributed by atoms with E-state index in [1.807, 2.05) is 31.2 Å². The molecule has 3 aromatic rings. The Labute approximate surface area is 182 Å². The number of benzene rings is 3. The third kappa shape index (κ3) is 4.67. The fourth-order valence-corrected chi connectivity index (χ4v) is 3.61. The summed E-state index contributed by atoms with van der Waals surface area (Å²) in [7, 11) is 0. The number of aliphatic imine (C=N–C) groups is 1. The highest BCUT2D eigenvalue weighted by Gasteiger charge is 2.21. The summed E-state index contributed by atoms with van der Waals surface area (Å²) in [4.78, 5) is 4.64. The van der Waals surface area contributed by atoms with Crippen LogP contribution < -0.4 is 10.1 Å². The molecule has 0 aromatic heterocycles. The van der Waals surface area contributed by atoms with E-state index in [-0.39, 0.29) is 12.4 Å². The second-order valence-electron chi connectivity index (χ2n) is 6.56. The average molecular weight is 431 g/mol. The normalized spacial score (nSPS) is 13.0. The average Bonchev–Trinajstić information content (AvgIpc) is 3.26. The highest BCUT2D eigenvalue weighted by molar-refractivity contribution is 6.30. The fraction of sp³-hybridized carbons (Fsp3) is 0.261. The molecule has 4 rings (SSSR count). The molecular formula is C23H24Cl2N2O2. The van der Waals surface area contributed by atoms with Crippen molar-refractivity contribution in [2.24, 2.45) is 4.99 Å². The monoisotopic (exact) mass is 430 g/mol. The van der Waals surface area contributed by atoms with Crippen LogP contribution in [0.1, 0.15) is 12.5 Å². The Balaban J connectivity index is 0.00000240. The van der Waals surface area contributed by atoms with Crippen molar-refractivity contribution in [3.05, 3.63) is 65.2 Å². The third-order valence-corrected chi connectivity index (χ3v) is 4.99. The number of nitrogens with zero attached hydrogens (tertiary/aromatic N) is 1. The highest BCUT2D eigenvalue weighted by Crippen LogP contribution is 2.40. The molecule has 6 heteroatoms. The Morgan fingerprint density at radius 1 is 1.07 bits per heavy atom. The van der Waals surface area contributed by atoms with E-state index in [4.69, 9.17) is 21.1 Å². The largest absolute Gasteiger partial charge is 0.490 e. The van der Waals surface area contributed by atoms with Crippen LogP contribution in [0, 0.1) is 0 Å². The van der Waals surface area contributed by atoms with Gasteiger partial charge in [0.15, 0.2) is 0 Å². The Bertz CT molecular complexity index is 1000. The fourth-order valence-electron chi connectivity index (χ4n) is 3.48. The SMILES string of the molecule is CCOCCOc1c(C2=NCCN2)cc2ccccc2c1-c1ccc(Cl)cc1.Cl. The number of hydrogen-bond acceptors (Lipinski definition) is 4. The van der Waals surface area contributed by atoms with Crippen LogP contribution in [-0.2, 0) is 4.74 Å². The summed E-state index contributed by atoms with van der Waals surface area (Å²) in [6.07, 6.45) is 0. The van der Waals surface area contributed by atoms with E-state index in [2.05, 4.69) is 40.6 Å². The molecule has 0 unspecified atom stereocenters. The van der Waals surface area contributed by atoms with Gasteiger partial charge in [0.05, 0.1) is 18.7 Å². The van der Waals surface area contributed by atoms with Crippen LogP contribution in [-0.4, -0.2) is 38.7 Å². The molecule has 1 aliphatic heterocycles. The van der Waals surface area contributed by atoms with Gasteiger partial charge in [-0.3, -0.25) is 4.99 Å². The number of rotatable bonds is 7. The van der Waals surface area contributed by atoms with Gasteiger partial charge in [-0.25, -0.2) is 0 Å². The molecule has 0 spiro atoms. The summed E-state index contributed by atoms with van der Waals surface area (Å²) in [6.45, 7) is 5.30. The van der Waals surface area contributed by atoms with Gasteiger partial charge in [0.1, 0.15) is 18.2 Å². The van der Waals surface area contributed by atoms with E-state index in [1.54, 1.807) is 0 Å². The molecule has 0 bridgehead atoms. The predicted molar refractivity (Wildman–Crippen MR) is 123 cm³/mol. The van der Waals surface area contributed by atoms with Crippen LogP contribution >= 0.6 is 24.0 Å². The maximum Gasteiger partial charge on any atom is 0.138 e. The number of fused-ring (bicyclic) bond motifs is 1. The summed E-state index contributed by atoms with van der Waals surface area (Å²) in [6, 6.07) is 18.4. The lowest BCUT2D eigenvalue weighted by atomic mass is 9.93. The van der Waals surface area contributed by atoms with E-state index in [0.717, 1.165) is 52.1 Å². The second-order valence-corrected chi connectivity index (χ2v) is 7.00. The number of hydrogen-bond donors (Lipinski definition) is 1. The predicted octanol–water partition coefficient (Wildman–Crippen LogP) is 5.35. The van der Waals surface area contributed by atoms with E-state index in [9.17, 15) is 0 Å². The first-order valence-electron chi connectivity index (χ1n) is 9.59. The molecule has 0 amide bonds. The molecule has 0 fully saturated rings. The maximum atomic E-state index is 6.30. The molecule has 1 N–H and O–H groups in total. The first-order valence-corrected chi connectivity index (χ1v) is 9.96. The number of nitrogens with one attached hydrogen (secondary N) is 1. The minimum absolute atomic E-state index is 0. The van der Waals surface area contributed by atoms with Gasteiger partial charge < -0.3 is 14.8 Å². The lowest BCUT2D eigenvalue weighted by Crippen LogP contribution is -2.21. The zero-order chi connectivity index (χ0) is 19.3. The van der Waals surface area contributed by atoms with Crippen LogP contribution in [0.5, 0.6) is 5.75 Å². The molecule has 0 atom stereocenters. The zero-order valence-electron chi connectivity index (χ0n) is 16.3. The molecule has 1 heterocycles. The van der Waals surface area contributed by atoms with E-state index in [0.29, 0.717) is 24.8 Å². The summed E-state index contributed by atoms with van der Waals surface area (Å²) in [5.74, 6) is 1.71. The molecule has 0 radical (unpaired) electrons. The maximum absolute atomic E-state index is 6.30. The van der Waals surface area contributed by atoms with Crippen molar-refractivity contribution in [1.82, 2.24) is 5.32 Å². The Morgan fingerprint density at radius 3 is 2.59 bits per heavy atom. The second kappa shape index (κ2) is 9.97. The van der Waals surface area contributed by atoms with Crippen LogP contribution in [0.3, 0.4) is 0 Å². The summed E-state index contributed by atoms with van der Waals surface area (Å²) < 4.78 is 11.8. The first-order chi connectivity index (χ1) is 13.8. The van der Waals surface area contributed by atoms with Crippen molar-refractivity contribution in [2.75, 3.05) is 32.9 Å². The molecule has 4 nitrogen and oxygen atoms in total. The Hall–Kier alpha value is -2.27. The summed E-state index contributed by atoms with van der Waals surface area (Å²) in [5.41, 5.74) is 3.10. The van der Waals surface area contributed by atoms with Crippen LogP contribution in [0.4, 0.5) is 0 Å². The number of ether oxygens (including phenoxy) is 2. The van der Waals surface area contributed by atoms with Crippen LogP contribution in [0.2, 0.25) is 5.02 Å². The summed E-state index contributed by atoms with van der Waals surface area (Å²) >= 11 is 6.13. The van der Waals surface area contributed by atoms with Gasteiger partial charge in [-0.05, 0) is 41.5 Å². The van der Waals surface area contributed by atoms with Gasteiger partial charge in [0.25, 0.3) is 0 Å². The van der Waals surface area contributed by atoms with Gasteiger partial charge in [-0.15, -0.1) is 12.4 Å². The van der Waals surface area contributed by atoms with Crippen molar-refractivity contribution < 1.29 is 9.47 Å². The van der Waals surface area contributed by atoms with Crippen molar-refractivity contribution in [3.63, 3.8) is 0 Å². The molecule has 29 heavy (non-hydrogen) atoms. The molecule has 0 aliphatic carbocycles. The quantitative estimate of drug-likeness (QED) is 0.513. The van der Waals surface area contributed by atoms with E-state index >= 15 is 0 Å². The standard InChI is InChI=1S/C23H23ClN2O2.ClH/c1-2-27-13-14-28-22-20(23-25-11-12-26-23)15-17-5-3-4-6-19(17)21(22)16-7-9-18(24)10-8-16;/h3-10,15H,2,11-14H2,1H3,(H,25,26);1H. The van der Waals surface area contributed by atoms with Gasteiger partial charge in [0, 0.05) is 23.7 Å². The smallest absolute Gasteiger partial charge is 0.138 e. The number of amidine groups is 1. The molecule has 3 aromatic carbocycles. The third-order valence-electron chi connectivity index (χ3n) is 4.74. The lowest BCUT2D eigenvalue weighted by Gasteiger charge is -2.19.